The van der Waals surface area contributed by atoms with E-state index in [1.54, 1.807) is 0 Å². The van der Waals surface area contributed by atoms with Crippen LogP contribution in [0.15, 0.2) is 48.5 Å². The number of H-pyrrole nitrogens is 1. The number of nitro benzene ring substituents is 1. The Morgan fingerprint density at radius 2 is 2.00 bits per heavy atom. The van der Waals surface area contributed by atoms with Crippen molar-refractivity contribution in [2.75, 3.05) is 18.9 Å². The molecule has 0 radical (unpaired) electrons. The highest BCUT2D eigenvalue weighted by molar-refractivity contribution is 5.95. The van der Waals surface area contributed by atoms with Gasteiger partial charge in [-0.3, -0.25) is 20.0 Å². The predicted octanol–water partition coefficient (Wildman–Crippen LogP) is 2.39. The van der Waals surface area contributed by atoms with Gasteiger partial charge in [0.05, 0.1) is 4.92 Å². The zero-order valence-electron chi connectivity index (χ0n) is 14.6. The van der Waals surface area contributed by atoms with Crippen LogP contribution in [0, 0.1) is 10.1 Å². The van der Waals surface area contributed by atoms with E-state index in [2.05, 4.69) is 25.8 Å². The van der Waals surface area contributed by atoms with Crippen molar-refractivity contribution >= 4 is 17.3 Å². The first-order valence-electron chi connectivity index (χ1n) is 8.29. The summed E-state index contributed by atoms with van der Waals surface area (Å²) in [7, 11) is 1.47. The number of aromatic amines is 1. The molecule has 3 rings (SSSR count). The van der Waals surface area contributed by atoms with Crippen LogP contribution < -0.4 is 10.6 Å². The van der Waals surface area contributed by atoms with Crippen molar-refractivity contribution in [2.24, 2.45) is 0 Å². The molecule has 3 N–H and O–H groups in total. The van der Waals surface area contributed by atoms with Crippen LogP contribution in [-0.4, -0.2) is 39.6 Å². The van der Waals surface area contributed by atoms with Gasteiger partial charge >= 0.3 is 0 Å². The van der Waals surface area contributed by atoms with Gasteiger partial charge in [-0.2, -0.15) is 5.10 Å². The minimum Gasteiger partial charge on any atom is -0.379 e. The van der Waals surface area contributed by atoms with E-state index >= 15 is 0 Å². The fraction of sp³-hybridized carbons (Fsp3) is 0.167. The fourth-order valence-electron chi connectivity index (χ4n) is 2.56. The Morgan fingerprint density at radius 3 is 2.70 bits per heavy atom. The predicted molar refractivity (Wildman–Crippen MR) is 100 cm³/mol. The van der Waals surface area contributed by atoms with Gasteiger partial charge in [0.1, 0.15) is 11.5 Å². The first kappa shape index (κ1) is 18.1. The van der Waals surface area contributed by atoms with E-state index in [-0.39, 0.29) is 17.2 Å². The maximum atomic E-state index is 11.6. The molecule has 2 aromatic carbocycles. The van der Waals surface area contributed by atoms with Gasteiger partial charge in [-0.1, -0.05) is 30.3 Å². The average molecular weight is 366 g/mol. The Balaban J connectivity index is 1.66. The zero-order valence-corrected chi connectivity index (χ0v) is 14.6. The van der Waals surface area contributed by atoms with E-state index in [0.29, 0.717) is 30.3 Å². The molecule has 1 amide bonds. The molecule has 1 aromatic heterocycles. The number of carbonyl (C=O) groups excluding carboxylic acids is 1. The SMILES string of the molecule is CNC(=O)c1ccc(NCCc2nc(-c3ccccc3)n[nH]2)c([N+](=O)[O-])c1. The Bertz CT molecular complexity index is 955. The molecule has 0 fully saturated rings. The molecule has 0 bridgehead atoms. The molecule has 0 saturated carbocycles. The molecule has 0 aliphatic carbocycles. The Kier molecular flexibility index (Phi) is 5.41. The topological polar surface area (TPSA) is 126 Å². The zero-order chi connectivity index (χ0) is 19.2. The van der Waals surface area contributed by atoms with Gasteiger partial charge in [-0.15, -0.1) is 0 Å². The van der Waals surface area contributed by atoms with Crippen LogP contribution in [0.5, 0.6) is 0 Å². The third-order valence-electron chi connectivity index (χ3n) is 3.92. The maximum Gasteiger partial charge on any atom is 0.293 e. The number of nitrogens with zero attached hydrogens (tertiary/aromatic N) is 3. The Hall–Kier alpha value is -3.75. The molecule has 0 saturated heterocycles. The first-order valence-corrected chi connectivity index (χ1v) is 8.29. The number of hydrogen-bond acceptors (Lipinski definition) is 6. The van der Waals surface area contributed by atoms with E-state index in [1.807, 2.05) is 30.3 Å². The van der Waals surface area contributed by atoms with Crippen LogP contribution >= 0.6 is 0 Å². The van der Waals surface area contributed by atoms with E-state index < -0.39 is 4.92 Å². The molecule has 1 heterocycles. The van der Waals surface area contributed by atoms with Crippen LogP contribution in [0.1, 0.15) is 16.2 Å². The number of benzene rings is 2. The maximum absolute atomic E-state index is 11.6. The van der Waals surface area contributed by atoms with Crippen LogP contribution in [0.25, 0.3) is 11.4 Å². The van der Waals surface area contributed by atoms with Crippen LogP contribution in [-0.2, 0) is 6.42 Å². The highest BCUT2D eigenvalue weighted by Gasteiger charge is 2.17. The van der Waals surface area contributed by atoms with E-state index in [9.17, 15) is 14.9 Å². The Labute approximate surface area is 155 Å². The third kappa shape index (κ3) is 4.27. The number of rotatable bonds is 7. The van der Waals surface area contributed by atoms with Crippen molar-refractivity contribution in [3.63, 3.8) is 0 Å². The van der Waals surface area contributed by atoms with Crippen molar-refractivity contribution in [1.82, 2.24) is 20.5 Å². The second-order valence-electron chi connectivity index (χ2n) is 5.72. The summed E-state index contributed by atoms with van der Waals surface area (Å²) >= 11 is 0. The molecule has 0 unspecified atom stereocenters. The molecule has 0 atom stereocenters. The molecular weight excluding hydrogens is 348 g/mol. The molecule has 138 valence electrons. The summed E-state index contributed by atoms with van der Waals surface area (Å²) in [6.45, 7) is 0.420. The van der Waals surface area contributed by atoms with Crippen molar-refractivity contribution in [3.8, 4) is 11.4 Å². The summed E-state index contributed by atoms with van der Waals surface area (Å²) in [6, 6.07) is 13.9. The minimum atomic E-state index is -0.517. The van der Waals surface area contributed by atoms with Crippen LogP contribution in [0.2, 0.25) is 0 Å². The molecule has 9 nitrogen and oxygen atoms in total. The number of amides is 1. The molecule has 0 aliphatic heterocycles. The van der Waals surface area contributed by atoms with Crippen molar-refractivity contribution < 1.29 is 9.72 Å². The lowest BCUT2D eigenvalue weighted by atomic mass is 10.1. The largest absolute Gasteiger partial charge is 0.379 e. The average Bonchev–Trinajstić information content (AvgIpc) is 3.17. The minimum absolute atomic E-state index is 0.154. The van der Waals surface area contributed by atoms with Gasteiger partial charge < -0.3 is 10.6 Å². The smallest absolute Gasteiger partial charge is 0.293 e. The monoisotopic (exact) mass is 366 g/mol. The van der Waals surface area contributed by atoms with Crippen molar-refractivity contribution in [1.29, 1.82) is 0 Å². The third-order valence-corrected chi connectivity index (χ3v) is 3.92. The number of anilines is 1. The summed E-state index contributed by atoms with van der Waals surface area (Å²) in [6.07, 6.45) is 0.508. The lowest BCUT2D eigenvalue weighted by Gasteiger charge is -2.07. The first-order chi connectivity index (χ1) is 13.1. The fourth-order valence-corrected chi connectivity index (χ4v) is 2.56. The summed E-state index contributed by atoms with van der Waals surface area (Å²) in [5, 5.41) is 23.8. The number of nitro groups is 1. The lowest BCUT2D eigenvalue weighted by Crippen LogP contribution is -2.18. The second kappa shape index (κ2) is 8.09. The van der Waals surface area contributed by atoms with Gasteiger partial charge in [-0.05, 0) is 12.1 Å². The number of nitrogens with one attached hydrogen (secondary N) is 3. The van der Waals surface area contributed by atoms with E-state index in [1.165, 1.54) is 25.2 Å². The van der Waals surface area contributed by atoms with Gasteiger partial charge in [0.25, 0.3) is 11.6 Å². The molecule has 27 heavy (non-hydrogen) atoms. The van der Waals surface area contributed by atoms with Gasteiger partial charge in [0.2, 0.25) is 0 Å². The standard InChI is InChI=1S/C18H18N6O3/c1-19-18(25)13-7-8-14(15(11-13)24(26)27)20-10-9-16-21-17(23-22-16)12-5-3-2-4-6-12/h2-8,11,20H,9-10H2,1H3,(H,19,25)(H,21,22,23). The number of hydrogen-bond donors (Lipinski definition) is 3. The van der Waals surface area contributed by atoms with Crippen molar-refractivity contribution in [3.05, 3.63) is 70.0 Å². The number of carbonyl (C=O) groups is 1. The Morgan fingerprint density at radius 1 is 1.22 bits per heavy atom. The van der Waals surface area contributed by atoms with Gasteiger partial charge in [0, 0.05) is 37.2 Å². The summed E-state index contributed by atoms with van der Waals surface area (Å²) in [5.41, 5.74) is 1.33. The molecule has 9 heteroatoms. The molecule has 0 aliphatic rings. The molecular formula is C18H18N6O3. The van der Waals surface area contributed by atoms with Crippen molar-refractivity contribution in [2.45, 2.75) is 6.42 Å². The van der Waals surface area contributed by atoms with E-state index in [4.69, 9.17) is 0 Å². The lowest BCUT2D eigenvalue weighted by molar-refractivity contribution is -0.384. The van der Waals surface area contributed by atoms with Crippen LogP contribution in [0.3, 0.4) is 0 Å². The van der Waals surface area contributed by atoms with E-state index in [0.717, 1.165) is 5.56 Å². The summed E-state index contributed by atoms with van der Waals surface area (Å²) < 4.78 is 0. The summed E-state index contributed by atoms with van der Waals surface area (Å²) in [4.78, 5) is 26.8. The van der Waals surface area contributed by atoms with Crippen LogP contribution in [0.4, 0.5) is 11.4 Å². The summed E-state index contributed by atoms with van der Waals surface area (Å²) in [5.74, 6) is 0.900. The van der Waals surface area contributed by atoms with Gasteiger partial charge in [0.15, 0.2) is 5.82 Å². The highest BCUT2D eigenvalue weighted by Crippen LogP contribution is 2.25. The number of aromatic nitrogens is 3. The second-order valence-corrected chi connectivity index (χ2v) is 5.72. The van der Waals surface area contributed by atoms with Gasteiger partial charge in [-0.25, -0.2) is 4.98 Å². The molecule has 3 aromatic rings. The molecule has 0 spiro atoms. The quantitative estimate of drug-likeness (QED) is 0.435. The normalized spacial score (nSPS) is 10.4. The highest BCUT2D eigenvalue weighted by atomic mass is 16.6.